The molecule has 0 spiro atoms. The van der Waals surface area contributed by atoms with Gasteiger partial charge in [0.15, 0.2) is 0 Å². The SMILES string of the molecule is O=C(O)CCN(C1CC1)S(=O)(=O)C1CCCC1. The van der Waals surface area contributed by atoms with Crippen molar-refractivity contribution >= 4 is 16.0 Å². The average Bonchev–Trinajstić information content (AvgIpc) is 2.92. The first-order valence-corrected chi connectivity index (χ1v) is 7.74. The van der Waals surface area contributed by atoms with Crippen LogP contribution in [-0.2, 0) is 14.8 Å². The standard InChI is InChI=1S/C11H19NO4S/c13-11(14)7-8-12(9-5-6-9)17(15,16)10-3-1-2-4-10/h9-10H,1-8H2,(H,13,14). The van der Waals surface area contributed by atoms with Gasteiger partial charge in [0.05, 0.1) is 11.7 Å². The molecule has 0 atom stereocenters. The van der Waals surface area contributed by atoms with Gasteiger partial charge in [-0.3, -0.25) is 4.79 Å². The van der Waals surface area contributed by atoms with Gasteiger partial charge in [0.2, 0.25) is 10.0 Å². The van der Waals surface area contributed by atoms with E-state index >= 15 is 0 Å². The molecule has 6 heteroatoms. The molecule has 0 bridgehead atoms. The topological polar surface area (TPSA) is 74.7 Å². The minimum atomic E-state index is -3.26. The third-order valence-corrected chi connectivity index (χ3v) is 6.00. The fraction of sp³-hybridized carbons (Fsp3) is 0.909. The van der Waals surface area contributed by atoms with Crippen LogP contribution in [0.1, 0.15) is 44.9 Å². The van der Waals surface area contributed by atoms with E-state index in [1.807, 2.05) is 0 Å². The summed E-state index contributed by atoms with van der Waals surface area (Å²) >= 11 is 0. The van der Waals surface area contributed by atoms with Gasteiger partial charge in [-0.2, -0.15) is 4.31 Å². The molecule has 0 heterocycles. The van der Waals surface area contributed by atoms with Crippen LogP contribution in [0.25, 0.3) is 0 Å². The molecule has 0 aromatic rings. The first-order valence-electron chi connectivity index (χ1n) is 6.24. The Morgan fingerprint density at radius 2 is 1.76 bits per heavy atom. The number of rotatable bonds is 6. The van der Waals surface area contributed by atoms with Gasteiger partial charge in [0, 0.05) is 12.6 Å². The van der Waals surface area contributed by atoms with Crippen molar-refractivity contribution in [3.05, 3.63) is 0 Å². The van der Waals surface area contributed by atoms with E-state index in [0.29, 0.717) is 0 Å². The minimum absolute atomic E-state index is 0.0694. The summed E-state index contributed by atoms with van der Waals surface area (Å²) < 4.78 is 26.2. The maximum absolute atomic E-state index is 12.4. The zero-order chi connectivity index (χ0) is 12.5. The highest BCUT2D eigenvalue weighted by Crippen LogP contribution is 2.34. The monoisotopic (exact) mass is 261 g/mol. The second kappa shape index (κ2) is 4.94. The number of carboxylic acids is 1. The number of hydrogen-bond donors (Lipinski definition) is 1. The van der Waals surface area contributed by atoms with Crippen LogP contribution in [0.3, 0.4) is 0 Å². The van der Waals surface area contributed by atoms with Crippen LogP contribution >= 0.6 is 0 Å². The Hall–Kier alpha value is -0.620. The number of carboxylic acid groups (broad SMARTS) is 1. The van der Waals surface area contributed by atoms with Crippen molar-refractivity contribution < 1.29 is 18.3 Å². The number of carbonyl (C=O) groups is 1. The van der Waals surface area contributed by atoms with E-state index in [2.05, 4.69) is 0 Å². The van der Waals surface area contributed by atoms with E-state index in [4.69, 9.17) is 5.11 Å². The fourth-order valence-electron chi connectivity index (χ4n) is 2.46. The van der Waals surface area contributed by atoms with Gasteiger partial charge < -0.3 is 5.11 Å². The lowest BCUT2D eigenvalue weighted by Crippen LogP contribution is -2.40. The van der Waals surface area contributed by atoms with Gasteiger partial charge in [-0.1, -0.05) is 12.8 Å². The van der Waals surface area contributed by atoms with Crippen molar-refractivity contribution in [3.63, 3.8) is 0 Å². The maximum Gasteiger partial charge on any atom is 0.304 e. The highest BCUT2D eigenvalue weighted by Gasteiger charge is 2.41. The van der Waals surface area contributed by atoms with E-state index < -0.39 is 16.0 Å². The summed E-state index contributed by atoms with van der Waals surface area (Å²) in [5.74, 6) is -0.933. The zero-order valence-corrected chi connectivity index (χ0v) is 10.7. The molecule has 0 aliphatic heterocycles. The molecule has 0 aromatic heterocycles. The number of aliphatic carboxylic acids is 1. The highest BCUT2D eigenvalue weighted by atomic mass is 32.2. The maximum atomic E-state index is 12.4. The Balaban J connectivity index is 2.05. The van der Waals surface area contributed by atoms with Gasteiger partial charge in [-0.15, -0.1) is 0 Å². The molecular formula is C11H19NO4S. The molecule has 0 amide bonds. The van der Waals surface area contributed by atoms with Crippen molar-refractivity contribution in [2.45, 2.75) is 56.2 Å². The van der Waals surface area contributed by atoms with Crippen molar-refractivity contribution in [2.75, 3.05) is 6.54 Å². The van der Waals surface area contributed by atoms with Crippen LogP contribution in [0.15, 0.2) is 0 Å². The summed E-state index contributed by atoms with van der Waals surface area (Å²) in [6.07, 6.45) is 5.08. The molecule has 17 heavy (non-hydrogen) atoms. The van der Waals surface area contributed by atoms with Gasteiger partial charge in [-0.05, 0) is 25.7 Å². The number of nitrogens with zero attached hydrogens (tertiary/aromatic N) is 1. The Bertz CT molecular complexity index is 382. The Kier molecular flexibility index (Phi) is 3.73. The van der Waals surface area contributed by atoms with Gasteiger partial charge in [-0.25, -0.2) is 8.42 Å². The summed E-state index contributed by atoms with van der Waals surface area (Å²) in [6.45, 7) is 0.138. The molecule has 0 saturated heterocycles. The Labute approximate surface area is 102 Å². The normalized spacial score (nSPS) is 22.2. The number of sulfonamides is 1. The highest BCUT2D eigenvalue weighted by molar-refractivity contribution is 7.89. The lowest BCUT2D eigenvalue weighted by atomic mass is 10.4. The second-order valence-corrected chi connectivity index (χ2v) is 7.10. The van der Waals surface area contributed by atoms with Crippen LogP contribution in [0.5, 0.6) is 0 Å². The summed E-state index contributed by atoms with van der Waals surface area (Å²) in [5, 5.41) is 8.41. The summed E-state index contributed by atoms with van der Waals surface area (Å²) in [5.41, 5.74) is 0. The molecule has 2 rings (SSSR count). The Morgan fingerprint density at radius 3 is 2.24 bits per heavy atom. The molecule has 2 aliphatic carbocycles. The predicted molar refractivity (Wildman–Crippen MR) is 63.2 cm³/mol. The molecule has 5 nitrogen and oxygen atoms in total. The van der Waals surface area contributed by atoms with Gasteiger partial charge in [0.1, 0.15) is 0 Å². The van der Waals surface area contributed by atoms with Crippen LogP contribution in [0.2, 0.25) is 0 Å². The van der Waals surface area contributed by atoms with Crippen LogP contribution in [0, 0.1) is 0 Å². The fourth-order valence-corrected chi connectivity index (χ4v) is 4.75. The lowest BCUT2D eigenvalue weighted by molar-refractivity contribution is -0.137. The van der Waals surface area contributed by atoms with Crippen molar-refractivity contribution in [1.29, 1.82) is 0 Å². The third kappa shape index (κ3) is 2.98. The Morgan fingerprint density at radius 1 is 1.18 bits per heavy atom. The molecule has 98 valence electrons. The minimum Gasteiger partial charge on any atom is -0.481 e. The van der Waals surface area contributed by atoms with Crippen molar-refractivity contribution in [2.24, 2.45) is 0 Å². The third-order valence-electron chi connectivity index (χ3n) is 3.55. The summed E-state index contributed by atoms with van der Waals surface area (Å²) in [7, 11) is -3.26. The lowest BCUT2D eigenvalue weighted by Gasteiger charge is -2.24. The first kappa shape index (κ1) is 12.8. The molecule has 2 saturated carbocycles. The molecular weight excluding hydrogens is 242 g/mol. The van der Waals surface area contributed by atoms with E-state index in [9.17, 15) is 13.2 Å². The first-order chi connectivity index (χ1) is 8.01. The zero-order valence-electron chi connectivity index (χ0n) is 9.84. The number of hydrogen-bond acceptors (Lipinski definition) is 3. The van der Waals surface area contributed by atoms with E-state index in [-0.39, 0.29) is 24.3 Å². The van der Waals surface area contributed by atoms with E-state index in [1.54, 1.807) is 0 Å². The second-order valence-electron chi connectivity index (χ2n) is 4.94. The quantitative estimate of drug-likeness (QED) is 0.779. The van der Waals surface area contributed by atoms with Crippen molar-refractivity contribution in [3.8, 4) is 0 Å². The largest absolute Gasteiger partial charge is 0.481 e. The molecule has 2 aliphatic rings. The van der Waals surface area contributed by atoms with Crippen LogP contribution < -0.4 is 0 Å². The van der Waals surface area contributed by atoms with Crippen molar-refractivity contribution in [1.82, 2.24) is 4.31 Å². The summed E-state index contributed by atoms with van der Waals surface area (Å²) in [4.78, 5) is 10.6. The summed E-state index contributed by atoms with van der Waals surface area (Å²) in [6, 6.07) is 0.0694. The average molecular weight is 261 g/mol. The molecule has 0 aromatic carbocycles. The predicted octanol–water partition coefficient (Wildman–Crippen LogP) is 1.20. The molecule has 0 radical (unpaired) electrons. The molecule has 0 unspecified atom stereocenters. The van der Waals surface area contributed by atoms with E-state index in [1.165, 1.54) is 4.31 Å². The van der Waals surface area contributed by atoms with E-state index in [0.717, 1.165) is 38.5 Å². The van der Waals surface area contributed by atoms with Crippen LogP contribution in [0.4, 0.5) is 0 Å². The smallest absolute Gasteiger partial charge is 0.304 e. The molecule has 1 N–H and O–H groups in total. The van der Waals surface area contributed by atoms with Gasteiger partial charge in [0.25, 0.3) is 0 Å². The van der Waals surface area contributed by atoms with Gasteiger partial charge >= 0.3 is 5.97 Å². The molecule has 2 fully saturated rings. The van der Waals surface area contributed by atoms with Crippen LogP contribution in [-0.4, -0.2) is 41.6 Å².